The maximum atomic E-state index is 12.8. The molecule has 1 aliphatic rings. The minimum absolute atomic E-state index is 0.146. The van der Waals surface area contributed by atoms with Gasteiger partial charge >= 0.3 is 5.97 Å². The third-order valence-electron chi connectivity index (χ3n) is 3.44. The fourth-order valence-corrected chi connectivity index (χ4v) is 4.93. The Balaban J connectivity index is 2.74. The maximum absolute atomic E-state index is 12.8. The lowest BCUT2D eigenvalue weighted by molar-refractivity contribution is -0.145. The summed E-state index contributed by atoms with van der Waals surface area (Å²) >= 11 is 13.3. The number of fused-ring (bicyclic) bond motifs is 1. The van der Waals surface area contributed by atoms with Gasteiger partial charge < -0.3 is 5.11 Å². The Labute approximate surface area is 166 Å². The molecule has 1 heterocycles. The van der Waals surface area contributed by atoms with Crippen LogP contribution in [-0.2, 0) is 4.79 Å². The summed E-state index contributed by atoms with van der Waals surface area (Å²) in [7, 11) is 0. The van der Waals surface area contributed by atoms with Crippen molar-refractivity contribution >= 4 is 81.5 Å². The first-order chi connectivity index (χ1) is 10.4. The van der Waals surface area contributed by atoms with Crippen LogP contribution in [0.3, 0.4) is 0 Å². The van der Waals surface area contributed by atoms with E-state index < -0.39 is 29.2 Å². The Morgan fingerprint density at radius 2 is 1.26 bits per heavy atom. The molecule has 0 saturated heterocycles. The number of aliphatic carboxylic acids is 1. The summed E-state index contributed by atoms with van der Waals surface area (Å²) in [6.07, 6.45) is 0. The number of hydrogen-bond donors (Lipinski definition) is 1. The molecule has 0 fully saturated rings. The Morgan fingerprint density at radius 3 is 1.52 bits per heavy atom. The highest BCUT2D eigenvalue weighted by Crippen LogP contribution is 2.46. The number of carboxylic acids is 1. The Hall–Kier alpha value is -0.250. The van der Waals surface area contributed by atoms with Gasteiger partial charge in [0.05, 0.1) is 11.1 Å². The zero-order valence-electron chi connectivity index (χ0n) is 12.2. The highest BCUT2D eigenvalue weighted by Gasteiger charge is 2.50. The van der Waals surface area contributed by atoms with E-state index in [1.807, 2.05) is 0 Å². The molecule has 1 atom stereocenters. The zero-order chi connectivity index (χ0) is 17.9. The SMILES string of the molecule is CC(C)(C)C(C(=O)O)N1C(=O)c2c(Br)c(Br)c(Br)c(Br)c2C1=O. The Kier molecular flexibility index (Phi) is 5.17. The van der Waals surface area contributed by atoms with Crippen molar-refractivity contribution in [1.29, 1.82) is 0 Å². The van der Waals surface area contributed by atoms with E-state index in [0.717, 1.165) is 4.90 Å². The van der Waals surface area contributed by atoms with Crippen LogP contribution in [-0.4, -0.2) is 33.8 Å². The van der Waals surface area contributed by atoms with Gasteiger partial charge in [0, 0.05) is 17.9 Å². The second kappa shape index (κ2) is 6.24. The molecule has 9 heteroatoms. The van der Waals surface area contributed by atoms with Gasteiger partial charge in [0.25, 0.3) is 11.8 Å². The molecular weight excluding hydrogens is 566 g/mol. The van der Waals surface area contributed by atoms with Gasteiger partial charge in [0.2, 0.25) is 0 Å². The van der Waals surface area contributed by atoms with Crippen LogP contribution in [0.1, 0.15) is 41.5 Å². The summed E-state index contributed by atoms with van der Waals surface area (Å²) in [6, 6.07) is -1.27. The molecule has 1 N–H and O–H groups in total. The molecule has 23 heavy (non-hydrogen) atoms. The predicted molar refractivity (Wildman–Crippen MR) is 98.6 cm³/mol. The number of rotatable bonds is 2. The molecule has 1 aromatic rings. The molecular formula is C14H11Br4NO4. The summed E-state index contributed by atoms with van der Waals surface area (Å²) in [5.41, 5.74) is -0.521. The van der Waals surface area contributed by atoms with Crippen LogP contribution in [0.15, 0.2) is 17.9 Å². The largest absolute Gasteiger partial charge is 0.480 e. The summed E-state index contributed by atoms with van der Waals surface area (Å²) in [6.45, 7) is 5.02. The lowest BCUT2D eigenvalue weighted by Gasteiger charge is -2.33. The highest BCUT2D eigenvalue weighted by molar-refractivity contribution is 9.15. The van der Waals surface area contributed by atoms with Gasteiger partial charge in [-0.15, -0.1) is 0 Å². The van der Waals surface area contributed by atoms with Crippen LogP contribution in [0.25, 0.3) is 0 Å². The number of halogens is 4. The molecule has 2 rings (SSSR count). The van der Waals surface area contributed by atoms with Crippen LogP contribution in [0.2, 0.25) is 0 Å². The molecule has 0 aromatic heterocycles. The van der Waals surface area contributed by atoms with E-state index in [1.54, 1.807) is 20.8 Å². The standard InChI is InChI=1S/C14H11Br4NO4/c1-14(2,3)10(13(22)23)19-11(20)4-5(12(19)21)7(16)9(18)8(17)6(4)15/h10H,1-3H3,(H,22,23). The molecule has 5 nitrogen and oxygen atoms in total. The summed E-state index contributed by atoms with van der Waals surface area (Å²) in [4.78, 5) is 38.1. The second-order valence-electron chi connectivity index (χ2n) is 6.09. The number of hydrogen-bond acceptors (Lipinski definition) is 3. The van der Waals surface area contributed by atoms with Crippen LogP contribution >= 0.6 is 63.7 Å². The van der Waals surface area contributed by atoms with Crippen LogP contribution in [0.5, 0.6) is 0 Å². The van der Waals surface area contributed by atoms with E-state index >= 15 is 0 Å². The number of imide groups is 1. The molecule has 0 aliphatic carbocycles. The van der Waals surface area contributed by atoms with Crippen molar-refractivity contribution in [1.82, 2.24) is 4.90 Å². The Morgan fingerprint density at radius 1 is 0.913 bits per heavy atom. The number of carboxylic acid groups (broad SMARTS) is 1. The first-order valence-corrected chi connectivity index (χ1v) is 9.55. The zero-order valence-corrected chi connectivity index (χ0v) is 18.6. The van der Waals surface area contributed by atoms with E-state index in [9.17, 15) is 19.5 Å². The van der Waals surface area contributed by atoms with Gasteiger partial charge in [-0.3, -0.25) is 14.5 Å². The van der Waals surface area contributed by atoms with E-state index in [1.165, 1.54) is 0 Å². The molecule has 0 radical (unpaired) electrons. The topological polar surface area (TPSA) is 74.7 Å². The molecule has 1 unspecified atom stereocenters. The van der Waals surface area contributed by atoms with Gasteiger partial charge in [0.1, 0.15) is 6.04 Å². The monoisotopic (exact) mass is 573 g/mol. The van der Waals surface area contributed by atoms with Crippen molar-refractivity contribution in [2.45, 2.75) is 26.8 Å². The van der Waals surface area contributed by atoms with Crippen molar-refractivity contribution in [3.8, 4) is 0 Å². The predicted octanol–water partition coefficient (Wildman–Crippen LogP) is 4.83. The highest BCUT2D eigenvalue weighted by atomic mass is 79.9. The van der Waals surface area contributed by atoms with Crippen LogP contribution in [0, 0.1) is 5.41 Å². The average molecular weight is 577 g/mol. The maximum Gasteiger partial charge on any atom is 0.327 e. The second-order valence-corrected chi connectivity index (χ2v) is 9.27. The third-order valence-corrected chi connectivity index (χ3v) is 8.21. The minimum atomic E-state index is -1.27. The lowest BCUT2D eigenvalue weighted by Crippen LogP contribution is -2.52. The van der Waals surface area contributed by atoms with Crippen molar-refractivity contribution in [2.24, 2.45) is 5.41 Å². The smallest absolute Gasteiger partial charge is 0.327 e. The van der Waals surface area contributed by atoms with Gasteiger partial charge in [-0.1, -0.05) is 20.8 Å². The van der Waals surface area contributed by atoms with E-state index in [2.05, 4.69) is 63.7 Å². The van der Waals surface area contributed by atoms with Crippen molar-refractivity contribution < 1.29 is 19.5 Å². The normalized spacial score (nSPS) is 15.9. The number of benzene rings is 1. The van der Waals surface area contributed by atoms with E-state index in [4.69, 9.17) is 0 Å². The molecule has 0 spiro atoms. The van der Waals surface area contributed by atoms with E-state index in [-0.39, 0.29) is 11.1 Å². The first-order valence-electron chi connectivity index (χ1n) is 6.37. The van der Waals surface area contributed by atoms with Gasteiger partial charge in [-0.05, 0) is 69.1 Å². The van der Waals surface area contributed by atoms with Crippen LogP contribution in [0.4, 0.5) is 0 Å². The van der Waals surface area contributed by atoms with E-state index in [0.29, 0.717) is 17.9 Å². The van der Waals surface area contributed by atoms with Gasteiger partial charge in [0.15, 0.2) is 0 Å². The molecule has 2 amide bonds. The summed E-state index contributed by atoms with van der Waals surface area (Å²) in [5.74, 6) is -2.49. The Bertz CT molecular complexity index is 707. The fourth-order valence-electron chi connectivity index (χ4n) is 2.47. The van der Waals surface area contributed by atoms with Crippen molar-refractivity contribution in [3.63, 3.8) is 0 Å². The fraction of sp³-hybridized carbons (Fsp3) is 0.357. The number of carbonyl (C=O) groups is 3. The van der Waals surface area contributed by atoms with Gasteiger partial charge in [-0.25, -0.2) is 4.79 Å². The van der Waals surface area contributed by atoms with Gasteiger partial charge in [-0.2, -0.15) is 0 Å². The van der Waals surface area contributed by atoms with Crippen molar-refractivity contribution in [2.75, 3.05) is 0 Å². The van der Waals surface area contributed by atoms with Crippen LogP contribution < -0.4 is 0 Å². The van der Waals surface area contributed by atoms with Crippen molar-refractivity contribution in [3.05, 3.63) is 29.0 Å². The molecule has 124 valence electrons. The summed E-state index contributed by atoms with van der Waals surface area (Å²) < 4.78 is 1.94. The molecule has 1 aromatic carbocycles. The first kappa shape index (κ1) is 19.1. The minimum Gasteiger partial charge on any atom is -0.480 e. The number of amides is 2. The quantitative estimate of drug-likeness (QED) is 0.311. The molecule has 0 bridgehead atoms. The summed E-state index contributed by atoms with van der Waals surface area (Å²) in [5, 5.41) is 9.54. The molecule has 0 saturated carbocycles. The number of nitrogens with zero attached hydrogens (tertiary/aromatic N) is 1. The average Bonchev–Trinajstić information content (AvgIpc) is 2.66. The molecule has 1 aliphatic heterocycles. The third kappa shape index (κ3) is 2.94. The lowest BCUT2D eigenvalue weighted by atomic mass is 9.85. The number of carbonyl (C=O) groups excluding carboxylic acids is 2.